The summed E-state index contributed by atoms with van der Waals surface area (Å²) in [7, 11) is 0. The number of nitrogens with zero attached hydrogens (tertiary/aromatic N) is 2. The second-order valence-corrected chi connectivity index (χ2v) is 3.93. The van der Waals surface area contributed by atoms with Crippen LogP contribution >= 0.6 is 0 Å². The van der Waals surface area contributed by atoms with Crippen molar-refractivity contribution in [3.63, 3.8) is 0 Å². The van der Waals surface area contributed by atoms with Crippen molar-refractivity contribution in [3.8, 4) is 0 Å². The first-order chi connectivity index (χ1) is 9.52. The number of hydrazone groups is 1. The van der Waals surface area contributed by atoms with Gasteiger partial charge in [0, 0.05) is 5.71 Å². The number of halogens is 1. The maximum Gasteiger partial charge on any atom is 0.305 e. The number of carbonyl (C=O) groups is 1. The Labute approximate surface area is 119 Å². The maximum atomic E-state index is 12.8. The molecule has 112 valence electrons. The van der Waals surface area contributed by atoms with Crippen LogP contribution in [0, 0.1) is 5.82 Å². The number of anilines is 1. The van der Waals surface area contributed by atoms with Crippen molar-refractivity contribution < 1.29 is 14.3 Å². The van der Waals surface area contributed by atoms with E-state index >= 15 is 0 Å². The van der Waals surface area contributed by atoms with E-state index in [9.17, 15) is 9.18 Å². The molecule has 4 nitrogen and oxygen atoms in total. The van der Waals surface area contributed by atoms with Gasteiger partial charge in [0.05, 0.1) is 18.7 Å². The highest BCUT2D eigenvalue weighted by Gasteiger charge is 2.08. The molecule has 0 atom stereocenters. The lowest BCUT2D eigenvalue weighted by Crippen LogP contribution is -2.21. The van der Waals surface area contributed by atoms with Gasteiger partial charge in [0.2, 0.25) is 0 Å². The molecule has 20 heavy (non-hydrogen) atoms. The van der Waals surface area contributed by atoms with Crippen LogP contribution in [0.4, 0.5) is 10.1 Å². The Bertz CT molecular complexity index is 430. The standard InChI is InChI=1S/C13H17FN2O2.C2H6/c1-3-10(2)15-16(9-8-13(17)18)12-6-4-11(14)5-7-12;1-2/h4-7H,3,8-9H2,1-2H3,(H,17,18);1-2H3/b15-10-;. The molecule has 0 amide bonds. The Morgan fingerprint density at radius 1 is 1.30 bits per heavy atom. The zero-order chi connectivity index (χ0) is 15.5. The number of benzene rings is 1. The first-order valence-corrected chi connectivity index (χ1v) is 6.82. The molecular formula is C15H23FN2O2. The van der Waals surface area contributed by atoms with Gasteiger partial charge >= 0.3 is 5.97 Å². The molecule has 1 aromatic carbocycles. The molecular weight excluding hydrogens is 259 g/mol. The molecule has 0 unspecified atom stereocenters. The van der Waals surface area contributed by atoms with Gasteiger partial charge in [-0.25, -0.2) is 4.39 Å². The fraction of sp³-hybridized carbons (Fsp3) is 0.467. The van der Waals surface area contributed by atoms with E-state index in [1.165, 1.54) is 12.1 Å². The Kier molecular flexibility index (Phi) is 9.00. The predicted octanol–water partition coefficient (Wildman–Crippen LogP) is 3.92. The third-order valence-corrected chi connectivity index (χ3v) is 2.47. The van der Waals surface area contributed by atoms with E-state index in [0.29, 0.717) is 5.69 Å². The van der Waals surface area contributed by atoms with Crippen LogP contribution in [-0.4, -0.2) is 23.3 Å². The average molecular weight is 282 g/mol. The van der Waals surface area contributed by atoms with Crippen molar-refractivity contribution in [3.05, 3.63) is 30.1 Å². The maximum absolute atomic E-state index is 12.8. The minimum absolute atomic E-state index is 0.0160. The Morgan fingerprint density at radius 3 is 2.30 bits per heavy atom. The summed E-state index contributed by atoms with van der Waals surface area (Å²) >= 11 is 0. The van der Waals surface area contributed by atoms with Crippen LogP contribution in [0.15, 0.2) is 29.4 Å². The van der Waals surface area contributed by atoms with Crippen molar-refractivity contribution in [2.45, 2.75) is 40.5 Å². The number of rotatable bonds is 6. The second kappa shape index (κ2) is 9.95. The molecule has 0 radical (unpaired) electrons. The zero-order valence-electron chi connectivity index (χ0n) is 12.6. The van der Waals surface area contributed by atoms with Gasteiger partial charge in [0.1, 0.15) is 5.82 Å². The van der Waals surface area contributed by atoms with Gasteiger partial charge in [0.25, 0.3) is 0 Å². The van der Waals surface area contributed by atoms with E-state index < -0.39 is 5.97 Å². The number of hydrogen-bond acceptors (Lipinski definition) is 3. The van der Waals surface area contributed by atoms with Gasteiger partial charge in [-0.3, -0.25) is 9.80 Å². The van der Waals surface area contributed by atoms with Gasteiger partial charge in [-0.05, 0) is 37.6 Å². The summed E-state index contributed by atoms with van der Waals surface area (Å²) in [5.74, 6) is -1.21. The van der Waals surface area contributed by atoms with Crippen LogP contribution in [-0.2, 0) is 4.79 Å². The summed E-state index contributed by atoms with van der Waals surface area (Å²) in [6.07, 6.45) is 0.767. The van der Waals surface area contributed by atoms with Gasteiger partial charge in [-0.1, -0.05) is 20.8 Å². The van der Waals surface area contributed by atoms with E-state index in [1.807, 2.05) is 27.7 Å². The van der Waals surface area contributed by atoms with Gasteiger partial charge in [-0.2, -0.15) is 5.10 Å². The predicted molar refractivity (Wildman–Crippen MR) is 80.7 cm³/mol. The molecule has 0 saturated heterocycles. The fourth-order valence-corrected chi connectivity index (χ4v) is 1.33. The molecule has 0 fully saturated rings. The van der Waals surface area contributed by atoms with Crippen molar-refractivity contribution in [2.24, 2.45) is 5.10 Å². The molecule has 1 aromatic rings. The number of carboxylic acids is 1. The largest absolute Gasteiger partial charge is 0.481 e. The summed E-state index contributed by atoms with van der Waals surface area (Å²) in [5.41, 5.74) is 1.58. The molecule has 5 heteroatoms. The van der Waals surface area contributed by atoms with Crippen molar-refractivity contribution >= 4 is 17.4 Å². The minimum Gasteiger partial charge on any atom is -0.481 e. The van der Waals surface area contributed by atoms with Crippen molar-refractivity contribution in [2.75, 3.05) is 11.6 Å². The third kappa shape index (κ3) is 6.87. The number of hydrogen-bond donors (Lipinski definition) is 1. The van der Waals surface area contributed by atoms with E-state index in [4.69, 9.17) is 5.11 Å². The summed E-state index contributed by atoms with van der Waals surface area (Å²) in [6.45, 7) is 8.11. The minimum atomic E-state index is -0.883. The normalized spacial score (nSPS) is 10.6. The van der Waals surface area contributed by atoms with Crippen molar-refractivity contribution in [1.82, 2.24) is 0 Å². The van der Waals surface area contributed by atoms with Crippen LogP contribution in [0.25, 0.3) is 0 Å². The Balaban J connectivity index is 0.00000172. The number of aliphatic carboxylic acids is 1. The van der Waals surface area contributed by atoms with Gasteiger partial charge in [0.15, 0.2) is 0 Å². The van der Waals surface area contributed by atoms with Crippen LogP contribution in [0.3, 0.4) is 0 Å². The van der Waals surface area contributed by atoms with Gasteiger partial charge in [-0.15, -0.1) is 0 Å². The van der Waals surface area contributed by atoms with E-state index in [0.717, 1.165) is 12.1 Å². The molecule has 0 aromatic heterocycles. The first kappa shape index (κ1) is 18.1. The van der Waals surface area contributed by atoms with Crippen LogP contribution in [0.5, 0.6) is 0 Å². The Hall–Kier alpha value is -1.91. The quantitative estimate of drug-likeness (QED) is 0.635. The van der Waals surface area contributed by atoms with Crippen LogP contribution in [0.1, 0.15) is 40.5 Å². The van der Waals surface area contributed by atoms with Crippen LogP contribution < -0.4 is 5.01 Å². The summed E-state index contributed by atoms with van der Waals surface area (Å²) < 4.78 is 12.8. The SMILES string of the molecule is CC.CC/C(C)=N\N(CCC(=O)O)c1ccc(F)cc1. The topological polar surface area (TPSA) is 52.9 Å². The highest BCUT2D eigenvalue weighted by Crippen LogP contribution is 2.16. The average Bonchev–Trinajstić information content (AvgIpc) is 2.46. The molecule has 0 aliphatic heterocycles. The third-order valence-electron chi connectivity index (χ3n) is 2.47. The molecule has 0 spiro atoms. The Morgan fingerprint density at radius 2 is 1.85 bits per heavy atom. The molecule has 0 aliphatic rings. The van der Waals surface area contributed by atoms with E-state index in [-0.39, 0.29) is 18.8 Å². The fourth-order valence-electron chi connectivity index (χ4n) is 1.33. The summed E-state index contributed by atoms with van der Waals surface area (Å²) in [5, 5.41) is 14.6. The van der Waals surface area contributed by atoms with Gasteiger partial charge < -0.3 is 5.11 Å². The van der Waals surface area contributed by atoms with E-state index in [2.05, 4.69) is 5.10 Å². The molecule has 0 saturated carbocycles. The summed E-state index contributed by atoms with van der Waals surface area (Å²) in [6, 6.07) is 5.84. The molecule has 0 bridgehead atoms. The lowest BCUT2D eigenvalue weighted by atomic mass is 10.3. The molecule has 0 heterocycles. The second-order valence-electron chi connectivity index (χ2n) is 3.93. The lowest BCUT2D eigenvalue weighted by Gasteiger charge is -2.19. The van der Waals surface area contributed by atoms with E-state index in [1.54, 1.807) is 17.1 Å². The summed E-state index contributed by atoms with van der Waals surface area (Å²) in [4.78, 5) is 10.6. The smallest absolute Gasteiger partial charge is 0.305 e. The highest BCUT2D eigenvalue weighted by atomic mass is 19.1. The molecule has 1 rings (SSSR count). The number of carboxylic acid groups (broad SMARTS) is 1. The first-order valence-electron chi connectivity index (χ1n) is 6.82. The van der Waals surface area contributed by atoms with Crippen LogP contribution in [0.2, 0.25) is 0 Å². The molecule has 1 N–H and O–H groups in total. The highest BCUT2D eigenvalue weighted by molar-refractivity contribution is 5.82. The molecule has 0 aliphatic carbocycles. The lowest BCUT2D eigenvalue weighted by molar-refractivity contribution is -0.136. The van der Waals surface area contributed by atoms with Crippen molar-refractivity contribution in [1.29, 1.82) is 0 Å². The zero-order valence-corrected chi connectivity index (χ0v) is 12.6. The monoisotopic (exact) mass is 282 g/mol.